The van der Waals surface area contributed by atoms with E-state index in [1.54, 1.807) is 6.07 Å². The zero-order valence-corrected chi connectivity index (χ0v) is 11.3. The van der Waals surface area contributed by atoms with Crippen LogP contribution in [0.1, 0.15) is 24.8 Å². The van der Waals surface area contributed by atoms with Gasteiger partial charge in [0.2, 0.25) is 5.88 Å². The highest BCUT2D eigenvalue weighted by Gasteiger charge is 2.26. The predicted octanol–water partition coefficient (Wildman–Crippen LogP) is 1.40. The lowest BCUT2D eigenvalue weighted by molar-refractivity contribution is -0.0529. The zero-order valence-electron chi connectivity index (χ0n) is 11.3. The lowest BCUT2D eigenvalue weighted by Gasteiger charge is -2.17. The van der Waals surface area contributed by atoms with Crippen molar-refractivity contribution in [2.24, 2.45) is 0 Å². The monoisotopic (exact) mass is 301 g/mol. The number of pyridine rings is 1. The second-order valence-electron chi connectivity index (χ2n) is 4.81. The Morgan fingerprint density at radius 2 is 2.33 bits per heavy atom. The summed E-state index contributed by atoms with van der Waals surface area (Å²) in [6.45, 7) is -2.79. The molecule has 3 N–H and O–H groups in total. The number of aliphatic hydroxyl groups excluding tert-OH is 1. The van der Waals surface area contributed by atoms with Gasteiger partial charge in [-0.15, -0.1) is 0 Å². The molecule has 0 aromatic carbocycles. The Balaban J connectivity index is 1.80. The van der Waals surface area contributed by atoms with E-state index in [0.29, 0.717) is 12.0 Å². The molecule has 0 radical (unpaired) electrons. The Morgan fingerprint density at radius 1 is 1.52 bits per heavy atom. The van der Waals surface area contributed by atoms with Crippen LogP contribution in [0.4, 0.5) is 13.6 Å². The van der Waals surface area contributed by atoms with Gasteiger partial charge in [0.05, 0.1) is 12.1 Å². The van der Waals surface area contributed by atoms with E-state index in [-0.39, 0.29) is 18.5 Å². The molecule has 2 atom stereocenters. The van der Waals surface area contributed by atoms with Crippen LogP contribution in [0.5, 0.6) is 5.88 Å². The number of nitrogens with zero attached hydrogens (tertiary/aromatic N) is 1. The van der Waals surface area contributed by atoms with Crippen molar-refractivity contribution < 1.29 is 23.4 Å². The Morgan fingerprint density at radius 3 is 3.00 bits per heavy atom. The third-order valence-corrected chi connectivity index (χ3v) is 3.26. The molecule has 0 bridgehead atoms. The first-order chi connectivity index (χ1) is 10.0. The molecule has 1 saturated carbocycles. The molecule has 0 saturated heterocycles. The molecule has 1 aromatic rings. The number of alkyl halides is 2. The van der Waals surface area contributed by atoms with E-state index in [9.17, 15) is 18.7 Å². The van der Waals surface area contributed by atoms with Crippen LogP contribution in [-0.2, 0) is 6.54 Å². The SMILES string of the molecule is O=C(NCc1ccnc(OC(F)F)c1)NC1CCCC1O. The number of nitrogens with one attached hydrogen (secondary N) is 2. The maximum atomic E-state index is 12.1. The van der Waals surface area contributed by atoms with Gasteiger partial charge < -0.3 is 20.5 Å². The van der Waals surface area contributed by atoms with E-state index >= 15 is 0 Å². The topological polar surface area (TPSA) is 83.5 Å². The van der Waals surface area contributed by atoms with Gasteiger partial charge in [-0.2, -0.15) is 8.78 Å². The molecule has 0 aliphatic heterocycles. The number of carbonyl (C=O) groups is 1. The molecule has 6 nitrogen and oxygen atoms in total. The first-order valence-electron chi connectivity index (χ1n) is 6.67. The fourth-order valence-corrected chi connectivity index (χ4v) is 2.23. The first kappa shape index (κ1) is 15.4. The molecule has 1 aliphatic carbocycles. The van der Waals surface area contributed by atoms with Gasteiger partial charge in [0.1, 0.15) is 0 Å². The quantitative estimate of drug-likeness (QED) is 0.767. The molecule has 0 spiro atoms. The second kappa shape index (κ2) is 7.16. The largest absolute Gasteiger partial charge is 0.417 e. The predicted molar refractivity (Wildman–Crippen MR) is 69.9 cm³/mol. The normalized spacial score (nSPS) is 21.3. The highest BCUT2D eigenvalue weighted by atomic mass is 19.3. The molecule has 2 rings (SSSR count). The molecule has 2 unspecified atom stereocenters. The second-order valence-corrected chi connectivity index (χ2v) is 4.81. The lowest BCUT2D eigenvalue weighted by atomic mass is 10.2. The van der Waals surface area contributed by atoms with Crippen LogP contribution in [0, 0.1) is 0 Å². The summed E-state index contributed by atoms with van der Waals surface area (Å²) in [6, 6.07) is 2.27. The molecule has 2 amide bonds. The Bertz CT molecular complexity index is 487. The summed E-state index contributed by atoms with van der Waals surface area (Å²) in [5.74, 6) is -0.198. The molecular formula is C13H17F2N3O3. The number of rotatable bonds is 5. The van der Waals surface area contributed by atoms with Crippen molar-refractivity contribution in [3.05, 3.63) is 23.9 Å². The summed E-state index contributed by atoms with van der Waals surface area (Å²) in [5, 5.41) is 14.9. The number of aromatic nitrogens is 1. The summed E-state index contributed by atoms with van der Waals surface area (Å²) in [5.41, 5.74) is 0.586. The molecule has 1 aliphatic rings. The van der Waals surface area contributed by atoms with Crippen LogP contribution in [0.2, 0.25) is 0 Å². The third-order valence-electron chi connectivity index (χ3n) is 3.26. The number of hydrogen-bond donors (Lipinski definition) is 3. The van der Waals surface area contributed by atoms with Gasteiger partial charge in [0.15, 0.2) is 0 Å². The van der Waals surface area contributed by atoms with Gasteiger partial charge in [-0.1, -0.05) is 0 Å². The van der Waals surface area contributed by atoms with E-state index in [1.165, 1.54) is 12.3 Å². The Hall–Kier alpha value is -1.96. The molecule has 1 aromatic heterocycles. The molecule has 21 heavy (non-hydrogen) atoms. The lowest BCUT2D eigenvalue weighted by Crippen LogP contribution is -2.45. The number of aliphatic hydroxyl groups is 1. The highest BCUT2D eigenvalue weighted by molar-refractivity contribution is 5.74. The summed E-state index contributed by atoms with van der Waals surface area (Å²) >= 11 is 0. The van der Waals surface area contributed by atoms with Crippen molar-refractivity contribution >= 4 is 6.03 Å². The van der Waals surface area contributed by atoms with Crippen LogP contribution >= 0.6 is 0 Å². The maximum absolute atomic E-state index is 12.1. The molecule has 1 heterocycles. The van der Waals surface area contributed by atoms with Gasteiger partial charge in [0.25, 0.3) is 0 Å². The van der Waals surface area contributed by atoms with Crippen LogP contribution in [0.15, 0.2) is 18.3 Å². The van der Waals surface area contributed by atoms with Crippen molar-refractivity contribution in [2.75, 3.05) is 0 Å². The number of urea groups is 1. The van der Waals surface area contributed by atoms with Gasteiger partial charge >= 0.3 is 12.6 Å². The van der Waals surface area contributed by atoms with Gasteiger partial charge in [-0.25, -0.2) is 9.78 Å². The smallest absolute Gasteiger partial charge is 0.388 e. The van der Waals surface area contributed by atoms with E-state index in [0.717, 1.165) is 12.8 Å². The Kier molecular flexibility index (Phi) is 5.26. The van der Waals surface area contributed by atoms with E-state index in [4.69, 9.17) is 0 Å². The van der Waals surface area contributed by atoms with Crippen molar-refractivity contribution in [2.45, 2.75) is 44.6 Å². The summed E-state index contributed by atoms with van der Waals surface area (Å²) in [7, 11) is 0. The molecular weight excluding hydrogens is 284 g/mol. The van der Waals surface area contributed by atoms with E-state index in [1.807, 2.05) is 0 Å². The van der Waals surface area contributed by atoms with Gasteiger partial charge in [-0.3, -0.25) is 0 Å². The first-order valence-corrected chi connectivity index (χ1v) is 6.67. The number of amides is 2. The average molecular weight is 301 g/mol. The van der Waals surface area contributed by atoms with Crippen LogP contribution < -0.4 is 15.4 Å². The number of carbonyl (C=O) groups excluding carboxylic acids is 1. The third kappa shape index (κ3) is 4.82. The minimum absolute atomic E-state index is 0.150. The summed E-state index contributed by atoms with van der Waals surface area (Å²) < 4.78 is 28.3. The fraction of sp³-hybridized carbons (Fsp3) is 0.538. The van der Waals surface area contributed by atoms with E-state index in [2.05, 4.69) is 20.4 Å². The number of ether oxygens (including phenoxy) is 1. The van der Waals surface area contributed by atoms with Crippen LogP contribution in [0.3, 0.4) is 0 Å². The van der Waals surface area contributed by atoms with E-state index < -0.39 is 18.7 Å². The van der Waals surface area contributed by atoms with Crippen molar-refractivity contribution in [3.8, 4) is 5.88 Å². The molecule has 8 heteroatoms. The zero-order chi connectivity index (χ0) is 15.2. The van der Waals surface area contributed by atoms with Crippen molar-refractivity contribution in [1.29, 1.82) is 0 Å². The number of halogens is 2. The minimum Gasteiger partial charge on any atom is -0.417 e. The number of hydrogen-bond acceptors (Lipinski definition) is 4. The van der Waals surface area contributed by atoms with Crippen LogP contribution in [0.25, 0.3) is 0 Å². The average Bonchev–Trinajstić information content (AvgIpc) is 2.82. The van der Waals surface area contributed by atoms with Gasteiger partial charge in [-0.05, 0) is 30.9 Å². The van der Waals surface area contributed by atoms with Crippen molar-refractivity contribution in [1.82, 2.24) is 15.6 Å². The Labute approximate surface area is 120 Å². The van der Waals surface area contributed by atoms with Gasteiger partial charge in [0, 0.05) is 18.8 Å². The van der Waals surface area contributed by atoms with Crippen molar-refractivity contribution in [3.63, 3.8) is 0 Å². The minimum atomic E-state index is -2.94. The van der Waals surface area contributed by atoms with Crippen LogP contribution in [-0.4, -0.2) is 34.9 Å². The maximum Gasteiger partial charge on any atom is 0.388 e. The summed E-state index contributed by atoms with van der Waals surface area (Å²) in [6.07, 6.45) is 3.13. The summed E-state index contributed by atoms with van der Waals surface area (Å²) in [4.78, 5) is 15.3. The molecule has 1 fully saturated rings. The molecule has 116 valence electrons. The standard InChI is InChI=1S/C13H17F2N3O3/c14-12(15)21-11-6-8(4-5-16-11)7-17-13(20)18-9-2-1-3-10(9)19/h4-6,9-10,12,19H,1-3,7H2,(H2,17,18,20). The fourth-order valence-electron chi connectivity index (χ4n) is 2.23. The highest BCUT2D eigenvalue weighted by Crippen LogP contribution is 2.18.